The molecule has 0 bridgehead atoms. The van der Waals surface area contributed by atoms with Crippen LogP contribution in [0.15, 0.2) is 10.3 Å². The summed E-state index contributed by atoms with van der Waals surface area (Å²) in [5, 5.41) is 20.9. The van der Waals surface area contributed by atoms with Crippen LogP contribution in [0.4, 0.5) is 0 Å². The minimum Gasteiger partial charge on any atom is -0.409 e. The summed E-state index contributed by atoms with van der Waals surface area (Å²) in [6, 6.07) is 0. The van der Waals surface area contributed by atoms with Gasteiger partial charge in [0, 0.05) is 18.2 Å². The van der Waals surface area contributed by atoms with Gasteiger partial charge in [0.05, 0.1) is 0 Å². The molecule has 1 aromatic rings. The van der Waals surface area contributed by atoms with Crippen molar-refractivity contribution in [2.24, 2.45) is 23.4 Å². The van der Waals surface area contributed by atoms with Gasteiger partial charge in [-0.3, -0.25) is 0 Å². The number of hydrogen-bond donors (Lipinski definition) is 2. The maximum Gasteiger partial charge on any atom is 0.190 e. The second-order valence-corrected chi connectivity index (χ2v) is 6.33. The van der Waals surface area contributed by atoms with Crippen LogP contribution in [0.1, 0.15) is 38.9 Å². The first kappa shape index (κ1) is 15.8. The van der Waals surface area contributed by atoms with Gasteiger partial charge in [0.1, 0.15) is 11.7 Å². The van der Waals surface area contributed by atoms with E-state index in [9.17, 15) is 0 Å². The minimum atomic E-state index is -0.249. The smallest absolute Gasteiger partial charge is 0.190 e. The average molecular weight is 285 g/mol. The predicted octanol–water partition coefficient (Wildman–Crippen LogP) is 2.16. The Balaban J connectivity index is 2.27. The highest BCUT2D eigenvalue weighted by atomic mass is 32.2. The molecule has 0 aromatic carbocycles. The zero-order valence-corrected chi connectivity index (χ0v) is 12.9. The first-order chi connectivity index (χ1) is 8.88. The van der Waals surface area contributed by atoms with Crippen LogP contribution < -0.4 is 5.73 Å². The van der Waals surface area contributed by atoms with Gasteiger partial charge in [0.15, 0.2) is 5.16 Å². The fourth-order valence-electron chi connectivity index (χ4n) is 1.61. The van der Waals surface area contributed by atoms with Crippen LogP contribution in [0, 0.1) is 12.3 Å². The number of oxime groups is 1. The summed E-state index contributed by atoms with van der Waals surface area (Å²) in [6.45, 7) is 5.92. The summed E-state index contributed by atoms with van der Waals surface area (Å²) in [4.78, 5) is 0. The molecular weight excluding hydrogens is 262 g/mol. The summed E-state index contributed by atoms with van der Waals surface area (Å²) >= 11 is 1.71. The predicted molar refractivity (Wildman–Crippen MR) is 77.5 cm³/mol. The van der Waals surface area contributed by atoms with E-state index < -0.39 is 0 Å². The largest absolute Gasteiger partial charge is 0.409 e. The second kappa shape index (κ2) is 6.79. The van der Waals surface area contributed by atoms with E-state index in [1.165, 1.54) is 0 Å². The maximum absolute atomic E-state index is 8.70. The number of aromatic nitrogens is 3. The van der Waals surface area contributed by atoms with Gasteiger partial charge >= 0.3 is 0 Å². The molecule has 1 rings (SSSR count). The zero-order valence-electron chi connectivity index (χ0n) is 12.1. The van der Waals surface area contributed by atoms with Gasteiger partial charge < -0.3 is 15.5 Å². The average Bonchev–Trinajstić information content (AvgIpc) is 2.69. The Kier molecular flexibility index (Phi) is 5.65. The third-order valence-electron chi connectivity index (χ3n) is 3.28. The van der Waals surface area contributed by atoms with Crippen molar-refractivity contribution in [3.8, 4) is 0 Å². The van der Waals surface area contributed by atoms with Crippen LogP contribution in [0.25, 0.3) is 0 Å². The van der Waals surface area contributed by atoms with E-state index in [0.717, 1.165) is 36.0 Å². The number of unbranched alkanes of at least 4 members (excludes halogenated alkanes) is 1. The lowest BCUT2D eigenvalue weighted by Crippen LogP contribution is -2.31. The molecular formula is C12H23N5OS. The lowest BCUT2D eigenvalue weighted by molar-refractivity contribution is 0.304. The third-order valence-corrected chi connectivity index (χ3v) is 4.39. The Morgan fingerprint density at radius 3 is 2.63 bits per heavy atom. The molecule has 108 valence electrons. The molecule has 19 heavy (non-hydrogen) atoms. The molecule has 0 saturated heterocycles. The Morgan fingerprint density at radius 2 is 2.11 bits per heavy atom. The molecule has 0 aliphatic carbocycles. The highest BCUT2D eigenvalue weighted by Crippen LogP contribution is 2.25. The zero-order chi connectivity index (χ0) is 14.5. The van der Waals surface area contributed by atoms with Crippen LogP contribution in [0.5, 0.6) is 0 Å². The SMILES string of the molecule is Cc1nnc(SCCCCC(C)(C)C(N)=NO)n1C. The van der Waals surface area contributed by atoms with Gasteiger partial charge in [-0.25, -0.2) is 0 Å². The number of rotatable bonds is 7. The second-order valence-electron chi connectivity index (χ2n) is 5.26. The van der Waals surface area contributed by atoms with E-state index in [1.807, 2.05) is 32.4 Å². The third kappa shape index (κ3) is 4.41. The Morgan fingerprint density at radius 1 is 1.42 bits per heavy atom. The molecule has 0 aliphatic rings. The number of thioether (sulfide) groups is 1. The minimum absolute atomic E-state index is 0.249. The highest BCUT2D eigenvalue weighted by molar-refractivity contribution is 7.99. The molecule has 0 fully saturated rings. The maximum atomic E-state index is 8.70. The van der Waals surface area contributed by atoms with Crippen molar-refractivity contribution in [3.05, 3.63) is 5.82 Å². The molecule has 0 saturated carbocycles. The summed E-state index contributed by atoms with van der Waals surface area (Å²) in [6.07, 6.45) is 3.01. The number of nitrogens with two attached hydrogens (primary N) is 1. The first-order valence-corrected chi connectivity index (χ1v) is 7.34. The summed E-state index contributed by atoms with van der Waals surface area (Å²) < 4.78 is 1.99. The van der Waals surface area contributed by atoms with E-state index in [4.69, 9.17) is 10.9 Å². The van der Waals surface area contributed by atoms with Gasteiger partial charge in [0.25, 0.3) is 0 Å². The molecule has 0 amide bonds. The molecule has 3 N–H and O–H groups in total. The van der Waals surface area contributed by atoms with Crippen molar-refractivity contribution in [2.45, 2.75) is 45.2 Å². The van der Waals surface area contributed by atoms with Crippen molar-refractivity contribution in [1.82, 2.24) is 14.8 Å². The molecule has 1 aromatic heterocycles. The fourth-order valence-corrected chi connectivity index (χ4v) is 2.56. The molecule has 0 radical (unpaired) electrons. The molecule has 0 spiro atoms. The van der Waals surface area contributed by atoms with Crippen molar-refractivity contribution >= 4 is 17.6 Å². The number of hydrogen-bond acceptors (Lipinski definition) is 5. The van der Waals surface area contributed by atoms with Gasteiger partial charge in [-0.15, -0.1) is 10.2 Å². The monoisotopic (exact) mass is 285 g/mol. The van der Waals surface area contributed by atoms with E-state index in [1.54, 1.807) is 11.8 Å². The van der Waals surface area contributed by atoms with Gasteiger partial charge in [-0.1, -0.05) is 37.2 Å². The van der Waals surface area contributed by atoms with E-state index in [0.29, 0.717) is 5.84 Å². The summed E-state index contributed by atoms with van der Waals surface area (Å²) in [5.41, 5.74) is 5.40. The fraction of sp³-hybridized carbons (Fsp3) is 0.750. The quantitative estimate of drug-likeness (QED) is 0.200. The lowest BCUT2D eigenvalue weighted by atomic mass is 9.86. The number of aryl methyl sites for hydroxylation is 1. The highest BCUT2D eigenvalue weighted by Gasteiger charge is 2.22. The molecule has 0 unspecified atom stereocenters. The van der Waals surface area contributed by atoms with Crippen LogP contribution in [-0.2, 0) is 7.05 Å². The molecule has 7 heteroatoms. The van der Waals surface area contributed by atoms with Crippen molar-refractivity contribution in [3.63, 3.8) is 0 Å². The van der Waals surface area contributed by atoms with E-state index in [2.05, 4.69) is 15.4 Å². The van der Waals surface area contributed by atoms with Crippen LogP contribution in [0.2, 0.25) is 0 Å². The molecule has 0 atom stereocenters. The Labute approximate surface area is 118 Å². The Bertz CT molecular complexity index is 441. The Hall–Kier alpha value is -1.24. The van der Waals surface area contributed by atoms with E-state index in [-0.39, 0.29) is 5.41 Å². The van der Waals surface area contributed by atoms with Crippen molar-refractivity contribution in [1.29, 1.82) is 0 Å². The van der Waals surface area contributed by atoms with Crippen LogP contribution >= 0.6 is 11.8 Å². The van der Waals surface area contributed by atoms with Crippen LogP contribution in [-0.4, -0.2) is 31.6 Å². The summed E-state index contributed by atoms with van der Waals surface area (Å²) in [5.74, 6) is 2.22. The number of amidine groups is 1. The first-order valence-electron chi connectivity index (χ1n) is 6.35. The van der Waals surface area contributed by atoms with Crippen LogP contribution in [0.3, 0.4) is 0 Å². The molecule has 1 heterocycles. The normalized spacial score (nSPS) is 12.9. The molecule has 6 nitrogen and oxygen atoms in total. The van der Waals surface area contributed by atoms with E-state index >= 15 is 0 Å². The molecule has 0 aliphatic heterocycles. The van der Waals surface area contributed by atoms with Gasteiger partial charge in [0.2, 0.25) is 0 Å². The lowest BCUT2D eigenvalue weighted by Gasteiger charge is -2.22. The number of nitrogens with zero attached hydrogens (tertiary/aromatic N) is 4. The van der Waals surface area contributed by atoms with Gasteiger partial charge in [-0.2, -0.15) is 0 Å². The van der Waals surface area contributed by atoms with Crippen molar-refractivity contribution < 1.29 is 5.21 Å². The van der Waals surface area contributed by atoms with Crippen molar-refractivity contribution in [2.75, 3.05) is 5.75 Å². The summed E-state index contributed by atoms with van der Waals surface area (Å²) in [7, 11) is 1.97. The standard InChI is InChI=1S/C12H23N5OS/c1-9-14-15-11(17(9)4)19-8-6-5-7-12(2,3)10(13)16-18/h18H,5-8H2,1-4H3,(H2,13,16). The van der Waals surface area contributed by atoms with Gasteiger partial charge in [-0.05, 0) is 19.8 Å². The topological polar surface area (TPSA) is 89.3 Å².